The van der Waals surface area contributed by atoms with Crippen LogP contribution in [0.3, 0.4) is 0 Å². The van der Waals surface area contributed by atoms with Crippen molar-refractivity contribution in [3.8, 4) is 16.3 Å². The summed E-state index contributed by atoms with van der Waals surface area (Å²) in [5.74, 6) is -0.402. The fourth-order valence-corrected chi connectivity index (χ4v) is 2.22. The molecular formula is C11H8FNO3S. The monoisotopic (exact) mass is 253 g/mol. The molecule has 0 spiro atoms. The highest BCUT2D eigenvalue weighted by molar-refractivity contribution is 7.15. The molecule has 2 aromatic rings. The summed E-state index contributed by atoms with van der Waals surface area (Å²) in [6.07, 6.45) is -1.44. The van der Waals surface area contributed by atoms with Crippen molar-refractivity contribution in [3.05, 3.63) is 35.1 Å². The second-order valence-corrected chi connectivity index (χ2v) is 4.45. The Labute approximate surface area is 100 Å². The molecule has 0 aliphatic rings. The van der Waals surface area contributed by atoms with Crippen LogP contribution >= 0.6 is 11.3 Å². The average Bonchev–Trinajstić information content (AvgIpc) is 2.58. The number of rotatable bonds is 2. The minimum Gasteiger partial charge on any atom is -0.449 e. The Balaban J connectivity index is 2.47. The second-order valence-electron chi connectivity index (χ2n) is 3.25. The molecule has 0 bridgehead atoms. The van der Waals surface area contributed by atoms with E-state index in [9.17, 15) is 9.18 Å². The van der Waals surface area contributed by atoms with Gasteiger partial charge in [0, 0.05) is 5.56 Å². The summed E-state index contributed by atoms with van der Waals surface area (Å²) in [6, 6.07) is 5.84. The summed E-state index contributed by atoms with van der Waals surface area (Å²) in [5, 5.41) is 9.22. The van der Waals surface area contributed by atoms with Gasteiger partial charge in [0.15, 0.2) is 0 Å². The van der Waals surface area contributed by atoms with Gasteiger partial charge < -0.3 is 9.84 Å². The minimum atomic E-state index is -1.44. The molecular weight excluding hydrogens is 245 g/mol. The van der Waals surface area contributed by atoms with Gasteiger partial charge in [0.05, 0.1) is 9.88 Å². The van der Waals surface area contributed by atoms with Crippen molar-refractivity contribution in [1.29, 1.82) is 0 Å². The van der Waals surface area contributed by atoms with E-state index in [0.29, 0.717) is 15.4 Å². The van der Waals surface area contributed by atoms with Crippen LogP contribution in [0.5, 0.6) is 5.88 Å². The van der Waals surface area contributed by atoms with Gasteiger partial charge in [0.2, 0.25) is 5.88 Å². The zero-order valence-corrected chi connectivity index (χ0v) is 9.62. The van der Waals surface area contributed by atoms with Gasteiger partial charge in [-0.2, -0.15) is 0 Å². The zero-order chi connectivity index (χ0) is 12.4. The number of aromatic nitrogens is 1. The Hall–Kier alpha value is -1.95. The van der Waals surface area contributed by atoms with E-state index >= 15 is 0 Å². The van der Waals surface area contributed by atoms with Gasteiger partial charge in [-0.15, -0.1) is 11.3 Å². The van der Waals surface area contributed by atoms with E-state index in [0.717, 1.165) is 0 Å². The minimum absolute atomic E-state index is 0.00870. The third kappa shape index (κ3) is 2.59. The van der Waals surface area contributed by atoms with Crippen molar-refractivity contribution >= 4 is 17.5 Å². The molecule has 1 heterocycles. The van der Waals surface area contributed by atoms with Gasteiger partial charge in [0.25, 0.3) is 0 Å². The van der Waals surface area contributed by atoms with E-state index < -0.39 is 12.0 Å². The highest BCUT2D eigenvalue weighted by atomic mass is 32.1. The first-order valence-corrected chi connectivity index (χ1v) is 5.52. The molecule has 0 saturated carbocycles. The number of halogens is 1. The molecule has 0 amide bonds. The van der Waals surface area contributed by atoms with Gasteiger partial charge in [-0.1, -0.05) is 12.1 Å². The van der Waals surface area contributed by atoms with Crippen molar-refractivity contribution in [2.24, 2.45) is 0 Å². The lowest BCUT2D eigenvalue weighted by Gasteiger charge is -2.00. The maximum atomic E-state index is 13.1. The number of nitrogens with zero attached hydrogens (tertiary/aromatic N) is 1. The van der Waals surface area contributed by atoms with E-state index in [4.69, 9.17) is 5.11 Å². The van der Waals surface area contributed by atoms with Crippen molar-refractivity contribution in [2.45, 2.75) is 6.92 Å². The number of hydrogen-bond acceptors (Lipinski definition) is 4. The number of benzene rings is 1. The van der Waals surface area contributed by atoms with Gasteiger partial charge >= 0.3 is 6.16 Å². The lowest BCUT2D eigenvalue weighted by atomic mass is 10.2. The molecule has 0 unspecified atom stereocenters. The highest BCUT2D eigenvalue weighted by Crippen LogP contribution is 2.35. The third-order valence-corrected chi connectivity index (χ3v) is 2.97. The van der Waals surface area contributed by atoms with Crippen LogP contribution in [0.2, 0.25) is 0 Å². The molecule has 0 aliphatic carbocycles. The van der Waals surface area contributed by atoms with E-state index in [1.54, 1.807) is 19.1 Å². The first kappa shape index (κ1) is 11.5. The molecule has 4 nitrogen and oxygen atoms in total. The average molecular weight is 253 g/mol. The van der Waals surface area contributed by atoms with Crippen molar-refractivity contribution in [2.75, 3.05) is 0 Å². The summed E-state index contributed by atoms with van der Waals surface area (Å²) in [7, 11) is 0. The number of hydrogen-bond donors (Lipinski definition) is 1. The van der Waals surface area contributed by atoms with E-state index in [-0.39, 0.29) is 5.88 Å². The topological polar surface area (TPSA) is 59.4 Å². The predicted molar refractivity (Wildman–Crippen MR) is 60.9 cm³/mol. The number of aryl methyl sites for hydroxylation is 1. The normalized spacial score (nSPS) is 10.2. The van der Waals surface area contributed by atoms with Crippen LogP contribution in [-0.4, -0.2) is 16.2 Å². The van der Waals surface area contributed by atoms with Crippen LogP contribution < -0.4 is 4.74 Å². The molecule has 2 rings (SSSR count). The standard InChI is InChI=1S/C11H8FNO3S/c1-6-13-10(16-11(14)15)9(17-6)7-3-2-4-8(12)5-7/h2-5H,1H3,(H,14,15). The molecule has 0 radical (unpaired) electrons. The van der Waals surface area contributed by atoms with Crippen molar-refractivity contribution in [3.63, 3.8) is 0 Å². The number of thiazole rings is 1. The molecule has 88 valence electrons. The summed E-state index contributed by atoms with van der Waals surface area (Å²) in [4.78, 5) is 15.0. The fraction of sp³-hybridized carbons (Fsp3) is 0.0909. The van der Waals surface area contributed by atoms with E-state index in [2.05, 4.69) is 9.72 Å². The molecule has 17 heavy (non-hydrogen) atoms. The fourth-order valence-electron chi connectivity index (χ4n) is 1.37. The quantitative estimate of drug-likeness (QED) is 0.834. The molecule has 1 N–H and O–H groups in total. The number of carbonyl (C=O) groups is 1. The lowest BCUT2D eigenvalue weighted by molar-refractivity contribution is 0.143. The lowest BCUT2D eigenvalue weighted by Crippen LogP contribution is -2.04. The third-order valence-electron chi connectivity index (χ3n) is 1.97. The SMILES string of the molecule is Cc1nc(OC(=O)O)c(-c2cccc(F)c2)s1. The molecule has 6 heteroatoms. The summed E-state index contributed by atoms with van der Waals surface area (Å²) in [6.45, 7) is 1.72. The van der Waals surface area contributed by atoms with Gasteiger partial charge in [-0.25, -0.2) is 14.2 Å². The zero-order valence-electron chi connectivity index (χ0n) is 8.81. The molecule has 1 aromatic heterocycles. The molecule has 1 aromatic carbocycles. The summed E-state index contributed by atoms with van der Waals surface area (Å²) < 4.78 is 17.6. The van der Waals surface area contributed by atoms with Crippen LogP contribution in [0.1, 0.15) is 5.01 Å². The van der Waals surface area contributed by atoms with Crippen LogP contribution in [-0.2, 0) is 0 Å². The van der Waals surface area contributed by atoms with Gasteiger partial charge in [0.1, 0.15) is 5.82 Å². The number of ether oxygens (including phenoxy) is 1. The second kappa shape index (κ2) is 4.50. The van der Waals surface area contributed by atoms with Gasteiger partial charge in [-0.3, -0.25) is 0 Å². The maximum absolute atomic E-state index is 13.1. The molecule has 0 atom stereocenters. The van der Waals surface area contributed by atoms with Crippen LogP contribution in [0.15, 0.2) is 24.3 Å². The van der Waals surface area contributed by atoms with Crippen LogP contribution in [0, 0.1) is 12.7 Å². The molecule has 0 aliphatic heterocycles. The largest absolute Gasteiger partial charge is 0.512 e. The number of carboxylic acid groups (broad SMARTS) is 1. The van der Waals surface area contributed by atoms with Crippen molar-refractivity contribution < 1.29 is 19.0 Å². The summed E-state index contributed by atoms with van der Waals surface area (Å²) >= 11 is 1.25. The molecule has 0 fully saturated rings. The highest BCUT2D eigenvalue weighted by Gasteiger charge is 2.15. The Morgan fingerprint density at radius 1 is 1.53 bits per heavy atom. The smallest absolute Gasteiger partial charge is 0.449 e. The Kier molecular flexibility index (Phi) is 3.06. The Morgan fingerprint density at radius 3 is 2.94 bits per heavy atom. The first-order valence-electron chi connectivity index (χ1n) is 4.70. The maximum Gasteiger partial charge on any atom is 0.512 e. The predicted octanol–water partition coefficient (Wildman–Crippen LogP) is 3.31. The van der Waals surface area contributed by atoms with E-state index in [1.807, 2.05) is 0 Å². The van der Waals surface area contributed by atoms with E-state index in [1.165, 1.54) is 23.5 Å². The molecule has 0 saturated heterocycles. The van der Waals surface area contributed by atoms with Crippen LogP contribution in [0.4, 0.5) is 9.18 Å². The first-order chi connectivity index (χ1) is 8.06. The van der Waals surface area contributed by atoms with Gasteiger partial charge in [-0.05, 0) is 19.1 Å². The Bertz CT molecular complexity index is 568. The van der Waals surface area contributed by atoms with Crippen LogP contribution in [0.25, 0.3) is 10.4 Å². The van der Waals surface area contributed by atoms with Crippen molar-refractivity contribution in [1.82, 2.24) is 4.98 Å². The Morgan fingerprint density at radius 2 is 2.29 bits per heavy atom. The summed E-state index contributed by atoms with van der Waals surface area (Å²) in [5.41, 5.74) is 0.548.